The number of unbranched alkanes of at least 4 members (excludes halogenated alkanes) is 6. The maximum absolute atomic E-state index is 10.9. The molecule has 0 bridgehead atoms. The number of rotatable bonds is 9. The molecule has 0 N–H and O–H groups in total. The summed E-state index contributed by atoms with van der Waals surface area (Å²) in [4.78, 5) is 10.9. The van der Waals surface area contributed by atoms with Gasteiger partial charge in [-0.2, -0.15) is 0 Å². The Bertz CT molecular complexity index is 252. The first kappa shape index (κ1) is 16.0. The first-order valence-corrected chi connectivity index (χ1v) is 6.71. The Hall–Kier alpha value is -0.970. The van der Waals surface area contributed by atoms with E-state index in [2.05, 4.69) is 12.8 Å². The minimum atomic E-state index is -0.713. The summed E-state index contributed by atoms with van der Waals surface area (Å²) in [6.45, 7) is 5.43. The molecular formula is C15H26O2. The fourth-order valence-corrected chi connectivity index (χ4v) is 1.89. The summed E-state index contributed by atoms with van der Waals surface area (Å²) in [6, 6.07) is 0. The van der Waals surface area contributed by atoms with Gasteiger partial charge < -0.3 is 4.74 Å². The lowest BCUT2D eigenvalue weighted by molar-refractivity contribution is -0.150. The average Bonchev–Trinajstić information content (AvgIpc) is 2.27. The van der Waals surface area contributed by atoms with Crippen molar-refractivity contribution in [1.29, 1.82) is 0 Å². The van der Waals surface area contributed by atoms with Gasteiger partial charge in [0.1, 0.15) is 0 Å². The molecule has 2 nitrogen and oxygen atoms in total. The topological polar surface area (TPSA) is 26.3 Å². The highest BCUT2D eigenvalue weighted by molar-refractivity contribution is 5.67. The molecule has 1 atom stereocenters. The van der Waals surface area contributed by atoms with Crippen LogP contribution >= 0.6 is 0 Å². The van der Waals surface area contributed by atoms with Crippen LogP contribution in [0.3, 0.4) is 0 Å². The SMILES string of the molecule is C#C[C@@](C)(CCCCCCCCC)OC(C)=O. The van der Waals surface area contributed by atoms with Gasteiger partial charge in [-0.15, -0.1) is 6.42 Å². The first-order chi connectivity index (χ1) is 8.04. The second kappa shape index (κ2) is 9.10. The number of hydrogen-bond acceptors (Lipinski definition) is 2. The Balaban J connectivity index is 3.64. The number of ether oxygens (including phenoxy) is 1. The predicted octanol–water partition coefficient (Wildman–Crippen LogP) is 4.08. The average molecular weight is 238 g/mol. The van der Waals surface area contributed by atoms with Gasteiger partial charge in [-0.1, -0.05) is 51.4 Å². The van der Waals surface area contributed by atoms with E-state index in [1.165, 1.54) is 45.4 Å². The minimum absolute atomic E-state index is 0.298. The van der Waals surface area contributed by atoms with E-state index < -0.39 is 5.60 Å². The van der Waals surface area contributed by atoms with Crippen LogP contribution in [0.2, 0.25) is 0 Å². The van der Waals surface area contributed by atoms with E-state index in [1.807, 2.05) is 6.92 Å². The Morgan fingerprint density at radius 3 is 2.18 bits per heavy atom. The van der Waals surface area contributed by atoms with Crippen LogP contribution in [0.1, 0.15) is 72.1 Å². The first-order valence-electron chi connectivity index (χ1n) is 6.71. The van der Waals surface area contributed by atoms with E-state index in [0.29, 0.717) is 0 Å². The molecule has 0 heterocycles. The molecular weight excluding hydrogens is 212 g/mol. The third-order valence-electron chi connectivity index (χ3n) is 2.93. The molecule has 0 rings (SSSR count). The van der Waals surface area contributed by atoms with Crippen molar-refractivity contribution in [2.75, 3.05) is 0 Å². The van der Waals surface area contributed by atoms with Gasteiger partial charge in [-0.25, -0.2) is 0 Å². The summed E-state index contributed by atoms with van der Waals surface area (Å²) in [5.41, 5.74) is -0.713. The molecule has 0 spiro atoms. The van der Waals surface area contributed by atoms with Crippen LogP contribution in [0, 0.1) is 12.3 Å². The zero-order valence-corrected chi connectivity index (χ0v) is 11.6. The molecule has 98 valence electrons. The fourth-order valence-electron chi connectivity index (χ4n) is 1.89. The van der Waals surface area contributed by atoms with Crippen molar-refractivity contribution in [3.05, 3.63) is 0 Å². The van der Waals surface area contributed by atoms with Crippen molar-refractivity contribution >= 4 is 5.97 Å². The van der Waals surface area contributed by atoms with Crippen molar-refractivity contribution in [1.82, 2.24) is 0 Å². The van der Waals surface area contributed by atoms with Crippen LogP contribution < -0.4 is 0 Å². The molecule has 0 aliphatic heterocycles. The second-order valence-electron chi connectivity index (χ2n) is 4.84. The lowest BCUT2D eigenvalue weighted by atomic mass is 9.98. The van der Waals surface area contributed by atoms with E-state index in [0.717, 1.165) is 12.8 Å². The normalized spacial score (nSPS) is 13.8. The van der Waals surface area contributed by atoms with Crippen LogP contribution in [0.4, 0.5) is 0 Å². The molecule has 0 aliphatic rings. The molecule has 0 unspecified atom stereocenters. The summed E-state index contributed by atoms with van der Waals surface area (Å²) in [7, 11) is 0. The summed E-state index contributed by atoms with van der Waals surface area (Å²) in [6.07, 6.45) is 14.9. The summed E-state index contributed by atoms with van der Waals surface area (Å²) >= 11 is 0. The smallest absolute Gasteiger partial charge is 0.304 e. The van der Waals surface area contributed by atoms with Gasteiger partial charge in [-0.3, -0.25) is 4.79 Å². The zero-order valence-electron chi connectivity index (χ0n) is 11.6. The largest absolute Gasteiger partial charge is 0.446 e. The van der Waals surface area contributed by atoms with E-state index >= 15 is 0 Å². The van der Waals surface area contributed by atoms with E-state index in [4.69, 9.17) is 11.2 Å². The standard InChI is InChI=1S/C15H26O2/c1-5-7-8-9-10-11-12-13-15(4,6-2)17-14(3)16/h2H,5,7-13H2,1,3-4H3/t15-/m0/s1. The quantitative estimate of drug-likeness (QED) is 0.344. The third kappa shape index (κ3) is 8.80. The van der Waals surface area contributed by atoms with Gasteiger partial charge in [-0.05, 0) is 19.8 Å². The second-order valence-corrected chi connectivity index (χ2v) is 4.84. The highest BCUT2D eigenvalue weighted by Gasteiger charge is 2.23. The Morgan fingerprint density at radius 1 is 1.18 bits per heavy atom. The van der Waals surface area contributed by atoms with E-state index in [9.17, 15) is 4.79 Å². The van der Waals surface area contributed by atoms with Crippen molar-refractivity contribution in [3.63, 3.8) is 0 Å². The van der Waals surface area contributed by atoms with Crippen molar-refractivity contribution in [2.24, 2.45) is 0 Å². The number of carbonyl (C=O) groups is 1. The molecule has 2 heteroatoms. The van der Waals surface area contributed by atoms with Gasteiger partial charge in [0.05, 0.1) is 0 Å². The van der Waals surface area contributed by atoms with Crippen LogP contribution in [0.15, 0.2) is 0 Å². The molecule has 0 fully saturated rings. The van der Waals surface area contributed by atoms with Crippen LogP contribution in [-0.4, -0.2) is 11.6 Å². The van der Waals surface area contributed by atoms with Crippen molar-refractivity contribution < 1.29 is 9.53 Å². The highest BCUT2D eigenvalue weighted by Crippen LogP contribution is 2.19. The van der Waals surface area contributed by atoms with Crippen LogP contribution in [-0.2, 0) is 9.53 Å². The summed E-state index contributed by atoms with van der Waals surface area (Å²) in [5, 5.41) is 0. The number of hydrogen-bond donors (Lipinski definition) is 0. The highest BCUT2D eigenvalue weighted by atomic mass is 16.6. The Labute approximate surface area is 106 Å². The maximum Gasteiger partial charge on any atom is 0.304 e. The summed E-state index contributed by atoms with van der Waals surface area (Å²) < 4.78 is 5.16. The van der Waals surface area contributed by atoms with E-state index in [-0.39, 0.29) is 5.97 Å². The maximum atomic E-state index is 10.9. The van der Waals surface area contributed by atoms with Gasteiger partial charge in [0.15, 0.2) is 5.60 Å². The fraction of sp³-hybridized carbons (Fsp3) is 0.800. The molecule has 17 heavy (non-hydrogen) atoms. The third-order valence-corrected chi connectivity index (χ3v) is 2.93. The minimum Gasteiger partial charge on any atom is -0.446 e. The van der Waals surface area contributed by atoms with Gasteiger partial charge >= 0.3 is 5.97 Å². The molecule has 0 saturated heterocycles. The number of esters is 1. The lowest BCUT2D eigenvalue weighted by Crippen LogP contribution is -2.28. The number of terminal acetylenes is 1. The van der Waals surface area contributed by atoms with Crippen LogP contribution in [0.5, 0.6) is 0 Å². The van der Waals surface area contributed by atoms with Crippen molar-refractivity contribution in [3.8, 4) is 12.3 Å². The number of carbonyl (C=O) groups excluding carboxylic acids is 1. The lowest BCUT2D eigenvalue weighted by Gasteiger charge is -2.23. The monoisotopic (exact) mass is 238 g/mol. The Kier molecular flexibility index (Phi) is 8.58. The molecule has 0 aromatic carbocycles. The summed E-state index contributed by atoms with van der Waals surface area (Å²) in [5.74, 6) is 2.28. The molecule has 0 aliphatic carbocycles. The predicted molar refractivity (Wildman–Crippen MR) is 71.6 cm³/mol. The van der Waals surface area contributed by atoms with Crippen LogP contribution in [0.25, 0.3) is 0 Å². The zero-order chi connectivity index (χ0) is 13.1. The molecule has 0 radical (unpaired) electrons. The van der Waals surface area contributed by atoms with Gasteiger partial charge in [0, 0.05) is 6.92 Å². The van der Waals surface area contributed by atoms with Gasteiger partial charge in [0.2, 0.25) is 0 Å². The molecule has 0 aromatic rings. The Morgan fingerprint density at radius 2 is 1.71 bits per heavy atom. The molecule has 0 amide bonds. The molecule has 0 saturated carbocycles. The van der Waals surface area contributed by atoms with E-state index in [1.54, 1.807) is 0 Å². The molecule has 0 aromatic heterocycles. The van der Waals surface area contributed by atoms with Crippen molar-refractivity contribution in [2.45, 2.75) is 77.7 Å². The van der Waals surface area contributed by atoms with Gasteiger partial charge in [0.25, 0.3) is 0 Å².